The predicted molar refractivity (Wildman–Crippen MR) is 120 cm³/mol. The highest BCUT2D eigenvalue weighted by Gasteiger charge is 2.13. The van der Waals surface area contributed by atoms with Crippen LogP contribution in [0.1, 0.15) is 27.3 Å². The van der Waals surface area contributed by atoms with Crippen LogP contribution in [0.3, 0.4) is 0 Å². The molecular formula is C25H26N2O5. The Labute approximate surface area is 186 Å². The Morgan fingerprint density at radius 1 is 0.938 bits per heavy atom. The lowest BCUT2D eigenvalue weighted by atomic mass is 10.1. The average molecular weight is 434 g/mol. The Morgan fingerprint density at radius 3 is 2.34 bits per heavy atom. The summed E-state index contributed by atoms with van der Waals surface area (Å²) in [6.07, 6.45) is 0.635. The van der Waals surface area contributed by atoms with E-state index < -0.39 is 5.97 Å². The molecule has 1 aliphatic heterocycles. The van der Waals surface area contributed by atoms with E-state index in [9.17, 15) is 9.59 Å². The fraction of sp³-hybridized carbons (Fsp3) is 0.280. The second-order valence-electron chi connectivity index (χ2n) is 7.65. The van der Waals surface area contributed by atoms with Gasteiger partial charge in [0.1, 0.15) is 13.2 Å². The van der Waals surface area contributed by atoms with Gasteiger partial charge in [0.15, 0.2) is 18.1 Å². The van der Waals surface area contributed by atoms with Crippen molar-refractivity contribution >= 4 is 11.9 Å². The van der Waals surface area contributed by atoms with Crippen molar-refractivity contribution in [3.8, 4) is 17.2 Å². The number of carbonyl (C=O) groups excluding carboxylic acids is 2. The lowest BCUT2D eigenvalue weighted by Gasteiger charge is -2.18. The van der Waals surface area contributed by atoms with Gasteiger partial charge in [-0.3, -0.25) is 4.79 Å². The van der Waals surface area contributed by atoms with Gasteiger partial charge < -0.3 is 24.1 Å². The van der Waals surface area contributed by atoms with Crippen molar-refractivity contribution < 1.29 is 23.8 Å². The first-order valence-corrected chi connectivity index (χ1v) is 10.6. The van der Waals surface area contributed by atoms with E-state index in [1.807, 2.05) is 56.3 Å². The van der Waals surface area contributed by atoms with Crippen LogP contribution in [0.4, 0.5) is 0 Å². The summed E-state index contributed by atoms with van der Waals surface area (Å²) in [6, 6.07) is 17.0. The van der Waals surface area contributed by atoms with E-state index in [0.717, 1.165) is 34.1 Å². The Bertz CT molecular complexity index is 1100. The number of carbonyl (C=O) groups is 2. The molecule has 2 aromatic carbocycles. The first kappa shape index (κ1) is 21.5. The Morgan fingerprint density at radius 2 is 1.62 bits per heavy atom. The molecule has 0 bridgehead atoms. The molecule has 0 fully saturated rings. The summed E-state index contributed by atoms with van der Waals surface area (Å²) in [7, 11) is 0. The number of hydrogen-bond acceptors (Lipinski definition) is 5. The summed E-state index contributed by atoms with van der Waals surface area (Å²) in [5.41, 5.74) is 4.63. The molecule has 0 aliphatic carbocycles. The summed E-state index contributed by atoms with van der Waals surface area (Å²) in [6.45, 7) is 5.26. The fourth-order valence-corrected chi connectivity index (χ4v) is 3.68. The number of hydrogen-bond donors (Lipinski definition) is 1. The van der Waals surface area contributed by atoms with Gasteiger partial charge in [0.25, 0.3) is 5.91 Å². The SMILES string of the molecule is Cc1ccc(C)n1-c1ccc(C(=O)OCC(=O)NCCc2ccc3c(c2)OCCO3)cc1. The lowest BCUT2D eigenvalue weighted by Crippen LogP contribution is -2.30. The van der Waals surface area contributed by atoms with Gasteiger partial charge in [-0.25, -0.2) is 4.79 Å². The van der Waals surface area contributed by atoms with Gasteiger partial charge in [-0.05, 0) is 74.4 Å². The monoisotopic (exact) mass is 434 g/mol. The molecule has 32 heavy (non-hydrogen) atoms. The minimum absolute atomic E-state index is 0.322. The number of nitrogens with zero attached hydrogens (tertiary/aromatic N) is 1. The number of nitrogens with one attached hydrogen (secondary N) is 1. The zero-order chi connectivity index (χ0) is 22.5. The summed E-state index contributed by atoms with van der Waals surface area (Å²) in [5, 5.41) is 2.77. The van der Waals surface area contributed by atoms with E-state index in [4.69, 9.17) is 14.2 Å². The first-order valence-electron chi connectivity index (χ1n) is 10.6. The lowest BCUT2D eigenvalue weighted by molar-refractivity contribution is -0.124. The van der Waals surface area contributed by atoms with Crippen molar-refractivity contribution in [3.63, 3.8) is 0 Å². The normalized spacial score (nSPS) is 12.3. The Kier molecular flexibility index (Phi) is 6.44. The zero-order valence-electron chi connectivity index (χ0n) is 18.2. The molecule has 7 heteroatoms. The highest BCUT2D eigenvalue weighted by molar-refractivity contribution is 5.91. The van der Waals surface area contributed by atoms with E-state index in [2.05, 4.69) is 9.88 Å². The summed E-state index contributed by atoms with van der Waals surface area (Å²) in [4.78, 5) is 24.3. The second-order valence-corrected chi connectivity index (χ2v) is 7.65. The number of ether oxygens (including phenoxy) is 3. The van der Waals surface area contributed by atoms with Crippen LogP contribution in [0.2, 0.25) is 0 Å². The van der Waals surface area contributed by atoms with Crippen LogP contribution in [0.5, 0.6) is 11.5 Å². The average Bonchev–Trinajstić information content (AvgIpc) is 3.15. The molecule has 1 N–H and O–H groups in total. The van der Waals surface area contributed by atoms with Crippen LogP contribution in [0, 0.1) is 13.8 Å². The van der Waals surface area contributed by atoms with E-state index in [1.165, 1.54) is 0 Å². The smallest absolute Gasteiger partial charge is 0.338 e. The highest BCUT2D eigenvalue weighted by Crippen LogP contribution is 2.30. The van der Waals surface area contributed by atoms with Crippen molar-refractivity contribution in [3.05, 3.63) is 77.1 Å². The zero-order valence-corrected chi connectivity index (χ0v) is 18.2. The maximum Gasteiger partial charge on any atom is 0.338 e. The maximum absolute atomic E-state index is 12.3. The number of benzene rings is 2. The molecule has 0 saturated carbocycles. The van der Waals surface area contributed by atoms with Gasteiger partial charge in [-0.2, -0.15) is 0 Å². The van der Waals surface area contributed by atoms with Crippen LogP contribution in [-0.2, 0) is 16.0 Å². The number of aromatic nitrogens is 1. The molecule has 1 amide bonds. The molecule has 0 spiro atoms. The number of rotatable bonds is 7. The predicted octanol–water partition coefficient (Wildman–Crippen LogP) is 3.38. The first-order chi connectivity index (χ1) is 15.5. The third kappa shape index (κ3) is 4.94. The topological polar surface area (TPSA) is 78.8 Å². The van der Waals surface area contributed by atoms with Crippen molar-refractivity contribution in [2.75, 3.05) is 26.4 Å². The minimum atomic E-state index is -0.528. The van der Waals surface area contributed by atoms with Gasteiger partial charge in [-0.15, -0.1) is 0 Å². The van der Waals surface area contributed by atoms with E-state index in [0.29, 0.717) is 31.7 Å². The number of fused-ring (bicyclic) bond motifs is 1. The van der Waals surface area contributed by atoms with E-state index in [1.54, 1.807) is 12.1 Å². The van der Waals surface area contributed by atoms with Crippen molar-refractivity contribution in [2.45, 2.75) is 20.3 Å². The van der Waals surface area contributed by atoms with Crippen LogP contribution in [-0.4, -0.2) is 42.8 Å². The van der Waals surface area contributed by atoms with Gasteiger partial charge in [0, 0.05) is 23.6 Å². The molecule has 0 unspecified atom stereocenters. The molecule has 7 nitrogen and oxygen atoms in total. The number of aryl methyl sites for hydroxylation is 2. The molecule has 0 atom stereocenters. The van der Waals surface area contributed by atoms with Crippen LogP contribution in [0.15, 0.2) is 54.6 Å². The number of amides is 1. The van der Waals surface area contributed by atoms with Gasteiger partial charge in [0.2, 0.25) is 0 Å². The quantitative estimate of drug-likeness (QED) is 0.577. The largest absolute Gasteiger partial charge is 0.486 e. The molecule has 166 valence electrons. The molecule has 0 radical (unpaired) electrons. The third-order valence-electron chi connectivity index (χ3n) is 5.31. The van der Waals surface area contributed by atoms with Crippen LogP contribution >= 0.6 is 0 Å². The van der Waals surface area contributed by atoms with Gasteiger partial charge in [0.05, 0.1) is 5.56 Å². The van der Waals surface area contributed by atoms with Crippen LogP contribution in [0.25, 0.3) is 5.69 Å². The maximum atomic E-state index is 12.3. The summed E-state index contributed by atoms with van der Waals surface area (Å²) in [5.74, 6) is 0.593. The third-order valence-corrected chi connectivity index (χ3v) is 5.31. The molecule has 1 aliphatic rings. The molecule has 3 aromatic rings. The second kappa shape index (κ2) is 9.60. The molecule has 4 rings (SSSR count). The number of esters is 1. The van der Waals surface area contributed by atoms with E-state index in [-0.39, 0.29) is 12.5 Å². The fourth-order valence-electron chi connectivity index (χ4n) is 3.68. The van der Waals surface area contributed by atoms with Gasteiger partial charge >= 0.3 is 5.97 Å². The summed E-state index contributed by atoms with van der Waals surface area (Å²) < 4.78 is 18.3. The van der Waals surface area contributed by atoms with Gasteiger partial charge in [-0.1, -0.05) is 6.07 Å². The molecular weight excluding hydrogens is 408 g/mol. The Balaban J connectivity index is 1.23. The Hall–Kier alpha value is -3.74. The minimum Gasteiger partial charge on any atom is -0.486 e. The summed E-state index contributed by atoms with van der Waals surface area (Å²) >= 11 is 0. The van der Waals surface area contributed by atoms with E-state index >= 15 is 0 Å². The van der Waals surface area contributed by atoms with Crippen molar-refractivity contribution in [1.29, 1.82) is 0 Å². The molecule has 1 aromatic heterocycles. The van der Waals surface area contributed by atoms with Crippen molar-refractivity contribution in [2.24, 2.45) is 0 Å². The molecule has 2 heterocycles. The standard InChI is InChI=1S/C25H26N2O5/c1-17-3-4-18(2)27(17)21-8-6-20(7-9-21)25(29)32-16-24(28)26-12-11-19-5-10-22-23(15-19)31-14-13-30-22/h3-10,15H,11-14,16H2,1-2H3,(H,26,28). The molecule has 0 saturated heterocycles. The highest BCUT2D eigenvalue weighted by atomic mass is 16.6. The van der Waals surface area contributed by atoms with Crippen molar-refractivity contribution in [1.82, 2.24) is 9.88 Å². The van der Waals surface area contributed by atoms with Crippen LogP contribution < -0.4 is 14.8 Å².